The van der Waals surface area contributed by atoms with Crippen molar-refractivity contribution in [1.82, 2.24) is 0 Å². The van der Waals surface area contributed by atoms with Crippen molar-refractivity contribution in [2.75, 3.05) is 0 Å². The van der Waals surface area contributed by atoms with Crippen LogP contribution in [-0.4, -0.2) is 0 Å². The molecule has 1 aliphatic carbocycles. The van der Waals surface area contributed by atoms with E-state index in [1.54, 1.807) is 0 Å². The lowest BCUT2D eigenvalue weighted by Crippen LogP contribution is -1.72. The first-order valence-electron chi connectivity index (χ1n) is 4.81. The summed E-state index contributed by atoms with van der Waals surface area (Å²) in [5.74, 6) is 0. The molecule has 0 heterocycles. The molecular formula is C13H16. The highest BCUT2D eigenvalue weighted by Gasteiger charge is 1.83. The molecule has 68 valence electrons. The predicted octanol–water partition coefficient (Wildman–Crippen LogP) is 3.95. The summed E-state index contributed by atoms with van der Waals surface area (Å²) in [6.45, 7) is 2.19. The SMILES string of the molecule is CCCC=CC1=CC=CC=CC=C1. The third-order valence-electron chi connectivity index (χ3n) is 1.79. The molecule has 1 aliphatic rings. The molecule has 13 heavy (non-hydrogen) atoms. The normalized spacial score (nSPS) is 15.9. The van der Waals surface area contributed by atoms with E-state index in [4.69, 9.17) is 0 Å². The minimum absolute atomic E-state index is 1.16. The van der Waals surface area contributed by atoms with Crippen LogP contribution < -0.4 is 0 Å². The minimum atomic E-state index is 1.16. The molecule has 0 aromatic heterocycles. The van der Waals surface area contributed by atoms with Crippen molar-refractivity contribution < 1.29 is 0 Å². The van der Waals surface area contributed by atoms with Gasteiger partial charge in [0.05, 0.1) is 0 Å². The smallest absolute Gasteiger partial charge is 0.0260 e. The van der Waals surface area contributed by atoms with Gasteiger partial charge in [-0.05, 0) is 12.0 Å². The molecule has 0 bridgehead atoms. The van der Waals surface area contributed by atoms with Gasteiger partial charge in [0.15, 0.2) is 0 Å². The van der Waals surface area contributed by atoms with Crippen LogP contribution in [0.1, 0.15) is 19.8 Å². The highest BCUT2D eigenvalue weighted by Crippen LogP contribution is 2.04. The number of allylic oxidation sites excluding steroid dienone is 10. The molecule has 0 unspecified atom stereocenters. The molecule has 0 aromatic rings. The first-order chi connectivity index (χ1) is 6.43. The average Bonchev–Trinajstić information content (AvgIpc) is 2.08. The van der Waals surface area contributed by atoms with E-state index in [0.717, 1.165) is 6.42 Å². The molecular weight excluding hydrogens is 156 g/mol. The number of rotatable bonds is 3. The van der Waals surface area contributed by atoms with E-state index in [-0.39, 0.29) is 0 Å². The third-order valence-corrected chi connectivity index (χ3v) is 1.79. The summed E-state index contributed by atoms with van der Waals surface area (Å²) < 4.78 is 0. The Balaban J connectivity index is 2.57. The summed E-state index contributed by atoms with van der Waals surface area (Å²) >= 11 is 0. The molecule has 0 radical (unpaired) electrons. The summed E-state index contributed by atoms with van der Waals surface area (Å²) in [5, 5.41) is 0. The molecule has 0 saturated carbocycles. The van der Waals surface area contributed by atoms with E-state index in [2.05, 4.69) is 43.4 Å². The maximum Gasteiger partial charge on any atom is -0.0260 e. The largest absolute Gasteiger partial charge is 0.0840 e. The van der Waals surface area contributed by atoms with Crippen LogP contribution in [0.15, 0.2) is 60.3 Å². The highest BCUT2D eigenvalue weighted by molar-refractivity contribution is 5.37. The fourth-order valence-electron chi connectivity index (χ4n) is 1.08. The second-order valence-corrected chi connectivity index (χ2v) is 2.99. The van der Waals surface area contributed by atoms with Crippen molar-refractivity contribution in [3.63, 3.8) is 0 Å². The van der Waals surface area contributed by atoms with Crippen molar-refractivity contribution in [3.8, 4) is 0 Å². The van der Waals surface area contributed by atoms with Crippen molar-refractivity contribution in [2.45, 2.75) is 19.8 Å². The lowest BCUT2D eigenvalue weighted by molar-refractivity contribution is 0.958. The van der Waals surface area contributed by atoms with Crippen molar-refractivity contribution >= 4 is 0 Å². The molecule has 0 nitrogen and oxygen atoms in total. The van der Waals surface area contributed by atoms with E-state index in [0.29, 0.717) is 0 Å². The summed E-state index contributed by atoms with van der Waals surface area (Å²) in [4.78, 5) is 0. The van der Waals surface area contributed by atoms with Gasteiger partial charge in [0, 0.05) is 0 Å². The summed E-state index contributed by atoms with van der Waals surface area (Å²) in [5.41, 5.74) is 1.26. The van der Waals surface area contributed by atoms with E-state index < -0.39 is 0 Å². The molecule has 0 aliphatic heterocycles. The second kappa shape index (κ2) is 6.24. The van der Waals surface area contributed by atoms with Gasteiger partial charge in [-0.25, -0.2) is 0 Å². The van der Waals surface area contributed by atoms with Gasteiger partial charge in [-0.2, -0.15) is 0 Å². The highest BCUT2D eigenvalue weighted by atomic mass is 13.9. The Labute approximate surface area is 80.7 Å². The van der Waals surface area contributed by atoms with Gasteiger partial charge in [-0.1, -0.05) is 68.0 Å². The van der Waals surface area contributed by atoms with Crippen LogP contribution in [0, 0.1) is 0 Å². The van der Waals surface area contributed by atoms with Crippen LogP contribution in [-0.2, 0) is 0 Å². The van der Waals surface area contributed by atoms with Gasteiger partial charge in [0.1, 0.15) is 0 Å². The zero-order chi connectivity index (χ0) is 9.36. The zero-order valence-electron chi connectivity index (χ0n) is 8.11. The maximum absolute atomic E-state index is 2.22. The second-order valence-electron chi connectivity index (χ2n) is 2.99. The Hall–Kier alpha value is -1.30. The fourth-order valence-corrected chi connectivity index (χ4v) is 1.08. The average molecular weight is 172 g/mol. The Morgan fingerprint density at radius 3 is 2.69 bits per heavy atom. The molecule has 0 saturated heterocycles. The van der Waals surface area contributed by atoms with Crippen LogP contribution in [0.5, 0.6) is 0 Å². The Bertz CT molecular complexity index is 272. The predicted molar refractivity (Wildman–Crippen MR) is 59.6 cm³/mol. The Morgan fingerprint density at radius 2 is 1.85 bits per heavy atom. The lowest BCUT2D eigenvalue weighted by Gasteiger charge is -1.93. The zero-order valence-corrected chi connectivity index (χ0v) is 8.11. The number of hydrogen-bond acceptors (Lipinski definition) is 0. The van der Waals surface area contributed by atoms with E-state index >= 15 is 0 Å². The van der Waals surface area contributed by atoms with Crippen LogP contribution in [0.4, 0.5) is 0 Å². The third kappa shape index (κ3) is 4.32. The van der Waals surface area contributed by atoms with Gasteiger partial charge in [-0.3, -0.25) is 0 Å². The van der Waals surface area contributed by atoms with Gasteiger partial charge in [0.25, 0.3) is 0 Å². The fraction of sp³-hybridized carbons (Fsp3) is 0.231. The van der Waals surface area contributed by atoms with Crippen LogP contribution in [0.3, 0.4) is 0 Å². The Morgan fingerprint density at radius 1 is 1.08 bits per heavy atom. The first kappa shape index (κ1) is 9.79. The first-order valence-corrected chi connectivity index (χ1v) is 4.81. The van der Waals surface area contributed by atoms with Crippen LogP contribution in [0.2, 0.25) is 0 Å². The molecule has 0 atom stereocenters. The van der Waals surface area contributed by atoms with Crippen LogP contribution >= 0.6 is 0 Å². The maximum atomic E-state index is 2.22. The van der Waals surface area contributed by atoms with Gasteiger partial charge in [0.2, 0.25) is 0 Å². The molecule has 0 heteroatoms. The van der Waals surface area contributed by atoms with Gasteiger partial charge < -0.3 is 0 Å². The van der Waals surface area contributed by atoms with E-state index in [1.165, 1.54) is 12.0 Å². The molecule has 0 amide bonds. The quantitative estimate of drug-likeness (QED) is 0.604. The summed E-state index contributed by atoms with van der Waals surface area (Å²) in [7, 11) is 0. The molecule has 0 spiro atoms. The van der Waals surface area contributed by atoms with Crippen LogP contribution in [0.25, 0.3) is 0 Å². The standard InChI is InChI=1S/C13H16/c1-2-3-7-10-13-11-8-5-4-6-9-12-13/h4-12H,2-3H2,1H3. The van der Waals surface area contributed by atoms with Crippen molar-refractivity contribution in [2.24, 2.45) is 0 Å². The monoisotopic (exact) mass is 172 g/mol. The topological polar surface area (TPSA) is 0 Å². The van der Waals surface area contributed by atoms with Gasteiger partial charge >= 0.3 is 0 Å². The molecule has 1 rings (SSSR count). The lowest BCUT2D eigenvalue weighted by atomic mass is 10.1. The summed E-state index contributed by atoms with van der Waals surface area (Å²) in [6, 6.07) is 0. The molecule has 0 aromatic carbocycles. The number of hydrogen-bond donors (Lipinski definition) is 0. The number of unbranched alkanes of at least 4 members (excludes halogenated alkanes) is 1. The van der Waals surface area contributed by atoms with Crippen molar-refractivity contribution in [3.05, 3.63) is 60.3 Å². The van der Waals surface area contributed by atoms with Gasteiger partial charge in [-0.15, -0.1) is 0 Å². The summed E-state index contributed by atoms with van der Waals surface area (Å²) in [6.07, 6.45) is 21.2. The van der Waals surface area contributed by atoms with Crippen molar-refractivity contribution in [1.29, 1.82) is 0 Å². The van der Waals surface area contributed by atoms with E-state index in [9.17, 15) is 0 Å². The Kier molecular flexibility index (Phi) is 4.70. The molecule has 0 fully saturated rings. The molecule has 0 N–H and O–H groups in total. The minimum Gasteiger partial charge on any atom is -0.0840 e. The van der Waals surface area contributed by atoms with E-state index in [1.807, 2.05) is 18.2 Å².